The van der Waals surface area contributed by atoms with E-state index in [-0.39, 0.29) is 5.91 Å². The molecule has 4 heteroatoms. The number of hydrogen-bond donors (Lipinski definition) is 2. The number of para-hydroxylation sites is 1. The molecule has 1 amide bonds. The first-order valence-electron chi connectivity index (χ1n) is 10.1. The summed E-state index contributed by atoms with van der Waals surface area (Å²) in [6, 6.07) is 12.2. The Kier molecular flexibility index (Phi) is 6.53. The fourth-order valence-corrected chi connectivity index (χ4v) is 4.32. The topological polar surface area (TPSA) is 64.4 Å². The van der Waals surface area contributed by atoms with Crippen molar-refractivity contribution in [1.82, 2.24) is 5.32 Å². The van der Waals surface area contributed by atoms with Crippen LogP contribution in [0.4, 0.5) is 0 Å². The maximum Gasteiger partial charge on any atom is 0.248 e. The Balaban J connectivity index is 2.32. The zero-order valence-corrected chi connectivity index (χ0v) is 17.1. The van der Waals surface area contributed by atoms with Crippen LogP contribution in [0.5, 0.6) is 5.75 Å². The summed E-state index contributed by atoms with van der Waals surface area (Å²) in [6.45, 7) is 6.20. The molecule has 2 aromatic carbocycles. The summed E-state index contributed by atoms with van der Waals surface area (Å²) >= 11 is 0. The Bertz CT molecular complexity index is 891. The first kappa shape index (κ1) is 20.2. The quantitative estimate of drug-likeness (QED) is 0.795. The van der Waals surface area contributed by atoms with Gasteiger partial charge in [0.2, 0.25) is 5.91 Å². The number of carbonyl (C=O) groups excluding carboxylic acids is 1. The molecule has 3 rings (SSSR count). The molecule has 1 aliphatic heterocycles. The van der Waals surface area contributed by atoms with Crippen molar-refractivity contribution in [2.45, 2.75) is 39.5 Å². The van der Waals surface area contributed by atoms with Crippen LogP contribution < -0.4 is 15.8 Å². The number of benzene rings is 2. The molecule has 4 nitrogen and oxygen atoms in total. The van der Waals surface area contributed by atoms with Gasteiger partial charge in [-0.1, -0.05) is 43.7 Å². The van der Waals surface area contributed by atoms with Gasteiger partial charge in [0, 0.05) is 11.1 Å². The molecule has 1 aliphatic rings. The highest BCUT2D eigenvalue weighted by molar-refractivity contribution is 5.96. The molecule has 0 atom stereocenters. The Labute approximate surface area is 167 Å². The van der Waals surface area contributed by atoms with Gasteiger partial charge in [0.25, 0.3) is 0 Å². The van der Waals surface area contributed by atoms with Crippen LogP contribution >= 0.6 is 0 Å². The van der Waals surface area contributed by atoms with Crippen molar-refractivity contribution in [1.29, 1.82) is 0 Å². The molecule has 0 spiro atoms. The Morgan fingerprint density at radius 2 is 1.57 bits per heavy atom. The lowest BCUT2D eigenvalue weighted by molar-refractivity contribution is 0.0999. The lowest BCUT2D eigenvalue weighted by atomic mass is 9.82. The van der Waals surface area contributed by atoms with Crippen molar-refractivity contribution < 1.29 is 9.53 Å². The molecule has 1 fully saturated rings. The average Bonchev–Trinajstić information content (AvgIpc) is 2.74. The van der Waals surface area contributed by atoms with E-state index in [0.717, 1.165) is 55.6 Å². The Hall–Kier alpha value is -2.59. The summed E-state index contributed by atoms with van der Waals surface area (Å²) in [4.78, 5) is 12.0. The molecule has 0 saturated carbocycles. The predicted octanol–water partition coefficient (Wildman–Crippen LogP) is 4.10. The van der Waals surface area contributed by atoms with Crippen molar-refractivity contribution in [3.63, 3.8) is 0 Å². The first-order chi connectivity index (χ1) is 13.6. The van der Waals surface area contributed by atoms with Crippen LogP contribution in [0.15, 0.2) is 42.0 Å². The molecule has 1 saturated heterocycles. The number of rotatable bonds is 6. The second-order valence-electron chi connectivity index (χ2n) is 7.12. The summed E-state index contributed by atoms with van der Waals surface area (Å²) in [5.74, 6) is 0.522. The maximum absolute atomic E-state index is 12.0. The molecule has 1 heterocycles. The van der Waals surface area contributed by atoms with Crippen LogP contribution in [-0.4, -0.2) is 26.1 Å². The number of nitrogens with one attached hydrogen (secondary N) is 1. The van der Waals surface area contributed by atoms with E-state index in [2.05, 4.69) is 37.4 Å². The summed E-state index contributed by atoms with van der Waals surface area (Å²) in [6.07, 6.45) is 3.65. The lowest BCUT2D eigenvalue weighted by Gasteiger charge is -2.25. The largest absolute Gasteiger partial charge is 0.496 e. The second kappa shape index (κ2) is 9.07. The van der Waals surface area contributed by atoms with E-state index in [1.165, 1.54) is 22.3 Å². The number of methoxy groups -OCH3 is 1. The van der Waals surface area contributed by atoms with Gasteiger partial charge < -0.3 is 15.8 Å². The number of amides is 1. The minimum absolute atomic E-state index is 0.355. The third kappa shape index (κ3) is 3.83. The van der Waals surface area contributed by atoms with E-state index in [0.29, 0.717) is 5.56 Å². The Morgan fingerprint density at radius 1 is 0.964 bits per heavy atom. The third-order valence-corrected chi connectivity index (χ3v) is 5.61. The standard InChI is InChI=1S/C24H30N2O2/c1-4-17-18(5-2)20(24(25)27)11-10-19(17)23(16-12-14-26-15-13-16)21-8-6-7-9-22(21)28-3/h6-11,26H,4-5,12-15H2,1-3H3,(H2,25,27). The SMILES string of the molecule is CCc1c(C(N)=O)ccc(C(=C2CCNCC2)c2ccccc2OC)c1CC. The molecule has 28 heavy (non-hydrogen) atoms. The van der Waals surface area contributed by atoms with Crippen LogP contribution in [0.3, 0.4) is 0 Å². The van der Waals surface area contributed by atoms with Gasteiger partial charge in [0.15, 0.2) is 0 Å². The zero-order chi connectivity index (χ0) is 20.1. The monoisotopic (exact) mass is 378 g/mol. The fourth-order valence-electron chi connectivity index (χ4n) is 4.32. The predicted molar refractivity (Wildman–Crippen MR) is 115 cm³/mol. The molecule has 0 radical (unpaired) electrons. The minimum Gasteiger partial charge on any atom is -0.496 e. The number of ether oxygens (including phenoxy) is 1. The summed E-state index contributed by atoms with van der Waals surface area (Å²) in [7, 11) is 1.72. The van der Waals surface area contributed by atoms with Crippen molar-refractivity contribution in [3.8, 4) is 5.75 Å². The van der Waals surface area contributed by atoms with Gasteiger partial charge in [0.1, 0.15) is 5.75 Å². The van der Waals surface area contributed by atoms with E-state index in [1.807, 2.05) is 18.2 Å². The van der Waals surface area contributed by atoms with Crippen molar-refractivity contribution in [2.24, 2.45) is 5.73 Å². The zero-order valence-electron chi connectivity index (χ0n) is 17.1. The van der Waals surface area contributed by atoms with Gasteiger partial charge in [-0.05, 0) is 73.2 Å². The molecular formula is C24H30N2O2. The van der Waals surface area contributed by atoms with Gasteiger partial charge in [-0.15, -0.1) is 0 Å². The van der Waals surface area contributed by atoms with E-state index in [4.69, 9.17) is 10.5 Å². The van der Waals surface area contributed by atoms with Crippen LogP contribution in [0.25, 0.3) is 5.57 Å². The van der Waals surface area contributed by atoms with E-state index < -0.39 is 0 Å². The number of primary amides is 1. The molecule has 148 valence electrons. The normalized spacial score (nSPS) is 14.0. The van der Waals surface area contributed by atoms with Crippen molar-refractivity contribution in [3.05, 3.63) is 69.8 Å². The summed E-state index contributed by atoms with van der Waals surface area (Å²) < 4.78 is 5.71. The smallest absolute Gasteiger partial charge is 0.248 e. The molecule has 0 unspecified atom stereocenters. The van der Waals surface area contributed by atoms with Crippen LogP contribution in [0, 0.1) is 0 Å². The average molecular weight is 379 g/mol. The lowest BCUT2D eigenvalue weighted by Crippen LogP contribution is -2.24. The highest BCUT2D eigenvalue weighted by Crippen LogP contribution is 2.39. The highest BCUT2D eigenvalue weighted by atomic mass is 16.5. The van der Waals surface area contributed by atoms with Gasteiger partial charge in [-0.3, -0.25) is 4.79 Å². The summed E-state index contributed by atoms with van der Waals surface area (Å²) in [5.41, 5.74) is 13.6. The third-order valence-electron chi connectivity index (χ3n) is 5.61. The molecule has 0 aromatic heterocycles. The molecule has 0 aliphatic carbocycles. The fraction of sp³-hybridized carbons (Fsp3) is 0.375. The van der Waals surface area contributed by atoms with Crippen molar-refractivity contribution in [2.75, 3.05) is 20.2 Å². The van der Waals surface area contributed by atoms with Crippen LogP contribution in [-0.2, 0) is 12.8 Å². The van der Waals surface area contributed by atoms with E-state index >= 15 is 0 Å². The van der Waals surface area contributed by atoms with Crippen LogP contribution in [0.1, 0.15) is 59.3 Å². The van der Waals surface area contributed by atoms with Crippen molar-refractivity contribution >= 4 is 11.5 Å². The molecular weight excluding hydrogens is 348 g/mol. The maximum atomic E-state index is 12.0. The molecule has 0 bridgehead atoms. The van der Waals surface area contributed by atoms with E-state index in [1.54, 1.807) is 7.11 Å². The van der Waals surface area contributed by atoms with Crippen LogP contribution in [0.2, 0.25) is 0 Å². The first-order valence-corrected chi connectivity index (χ1v) is 10.1. The molecule has 2 aromatic rings. The number of piperidine rings is 1. The number of hydrogen-bond acceptors (Lipinski definition) is 3. The number of nitrogens with two attached hydrogens (primary N) is 1. The number of carbonyl (C=O) groups is 1. The van der Waals surface area contributed by atoms with E-state index in [9.17, 15) is 4.79 Å². The van der Waals surface area contributed by atoms with Gasteiger partial charge in [-0.2, -0.15) is 0 Å². The second-order valence-corrected chi connectivity index (χ2v) is 7.12. The Morgan fingerprint density at radius 3 is 2.18 bits per heavy atom. The highest BCUT2D eigenvalue weighted by Gasteiger charge is 2.22. The van der Waals surface area contributed by atoms with Gasteiger partial charge >= 0.3 is 0 Å². The minimum atomic E-state index is -0.355. The summed E-state index contributed by atoms with van der Waals surface area (Å²) in [5, 5.41) is 3.45. The van der Waals surface area contributed by atoms with Gasteiger partial charge in [-0.25, -0.2) is 0 Å². The molecule has 3 N–H and O–H groups in total. The van der Waals surface area contributed by atoms with Gasteiger partial charge in [0.05, 0.1) is 7.11 Å².